The van der Waals surface area contributed by atoms with E-state index in [0.29, 0.717) is 17.0 Å². The zero-order valence-corrected chi connectivity index (χ0v) is 11.3. The fraction of sp³-hybridized carbons (Fsp3) is 0.571. The minimum Gasteiger partial charge on any atom is -0.377 e. The Morgan fingerprint density at radius 2 is 2.33 bits per heavy atom. The third-order valence-corrected chi connectivity index (χ3v) is 3.87. The minimum absolute atomic E-state index is 0.111. The largest absolute Gasteiger partial charge is 0.377 e. The second-order valence-corrected chi connectivity index (χ2v) is 5.11. The Morgan fingerprint density at radius 1 is 1.50 bits per heavy atom. The van der Waals surface area contributed by atoms with Gasteiger partial charge in [0.25, 0.3) is 0 Å². The lowest BCUT2D eigenvalue weighted by Crippen LogP contribution is -2.42. The van der Waals surface area contributed by atoms with Crippen molar-refractivity contribution in [1.29, 1.82) is 0 Å². The Bertz CT molecular complexity index is 373. The van der Waals surface area contributed by atoms with E-state index in [1.54, 1.807) is 12.1 Å². The number of ether oxygens (including phenoxy) is 1. The molecule has 1 aliphatic heterocycles. The molecule has 2 unspecified atom stereocenters. The van der Waals surface area contributed by atoms with Crippen molar-refractivity contribution in [3.8, 4) is 0 Å². The average Bonchev–Trinajstić information content (AvgIpc) is 2.40. The quantitative estimate of drug-likeness (QED) is 0.908. The molecule has 1 saturated heterocycles. The first-order valence-electron chi connectivity index (χ1n) is 6.44. The van der Waals surface area contributed by atoms with E-state index in [1.807, 2.05) is 7.05 Å². The molecule has 1 aromatic rings. The summed E-state index contributed by atoms with van der Waals surface area (Å²) in [6, 6.07) is 4.93. The van der Waals surface area contributed by atoms with Crippen LogP contribution in [0.5, 0.6) is 0 Å². The van der Waals surface area contributed by atoms with Gasteiger partial charge in [-0.2, -0.15) is 0 Å². The van der Waals surface area contributed by atoms with Gasteiger partial charge in [-0.3, -0.25) is 0 Å². The third-order valence-electron chi connectivity index (χ3n) is 3.52. The normalized spacial score (nSPS) is 21.8. The van der Waals surface area contributed by atoms with Crippen LogP contribution in [0, 0.1) is 5.82 Å². The summed E-state index contributed by atoms with van der Waals surface area (Å²) in [4.78, 5) is 0. The van der Waals surface area contributed by atoms with Gasteiger partial charge in [-0.15, -0.1) is 0 Å². The summed E-state index contributed by atoms with van der Waals surface area (Å²) in [6.45, 7) is 0.799. The maximum Gasteiger partial charge on any atom is 0.127 e. The van der Waals surface area contributed by atoms with E-state index in [0.717, 1.165) is 19.4 Å². The van der Waals surface area contributed by atoms with Crippen LogP contribution in [0.3, 0.4) is 0 Å². The number of benzene rings is 1. The SMILES string of the molecule is CNC(Cc1c(F)cccc1Cl)C1CCCCO1. The van der Waals surface area contributed by atoms with E-state index in [4.69, 9.17) is 16.3 Å². The number of halogens is 2. The molecule has 2 atom stereocenters. The van der Waals surface area contributed by atoms with Crippen molar-refractivity contribution in [3.05, 3.63) is 34.6 Å². The molecule has 1 fully saturated rings. The molecule has 0 spiro atoms. The predicted octanol–water partition coefficient (Wildman–Crippen LogP) is 3.18. The molecule has 1 aromatic carbocycles. The highest BCUT2D eigenvalue weighted by molar-refractivity contribution is 6.31. The van der Waals surface area contributed by atoms with E-state index in [2.05, 4.69) is 5.32 Å². The van der Waals surface area contributed by atoms with Crippen molar-refractivity contribution in [2.24, 2.45) is 0 Å². The molecule has 0 bridgehead atoms. The first-order valence-corrected chi connectivity index (χ1v) is 6.82. The maximum absolute atomic E-state index is 13.8. The molecule has 0 saturated carbocycles. The van der Waals surface area contributed by atoms with Crippen molar-refractivity contribution < 1.29 is 9.13 Å². The van der Waals surface area contributed by atoms with Gasteiger partial charge in [-0.25, -0.2) is 4.39 Å². The molecule has 1 N–H and O–H groups in total. The van der Waals surface area contributed by atoms with Gasteiger partial charge in [0.15, 0.2) is 0 Å². The summed E-state index contributed by atoms with van der Waals surface area (Å²) in [5.74, 6) is -0.237. The Kier molecular flexibility index (Phi) is 4.98. The number of nitrogens with one attached hydrogen (secondary N) is 1. The van der Waals surface area contributed by atoms with Crippen LogP contribution in [0.15, 0.2) is 18.2 Å². The highest BCUT2D eigenvalue weighted by Crippen LogP contribution is 2.24. The molecule has 0 aliphatic carbocycles. The highest BCUT2D eigenvalue weighted by atomic mass is 35.5. The Hall–Kier alpha value is -0.640. The molecule has 0 amide bonds. The summed E-state index contributed by atoms with van der Waals surface area (Å²) in [5.41, 5.74) is 0.577. The molecule has 2 rings (SSSR count). The smallest absolute Gasteiger partial charge is 0.127 e. The summed E-state index contributed by atoms with van der Waals surface area (Å²) in [5, 5.41) is 3.72. The van der Waals surface area contributed by atoms with Crippen LogP contribution in [0.4, 0.5) is 4.39 Å². The van der Waals surface area contributed by atoms with Crippen LogP contribution >= 0.6 is 11.6 Å². The van der Waals surface area contributed by atoms with Crippen LogP contribution in [0.2, 0.25) is 5.02 Å². The van der Waals surface area contributed by atoms with Gasteiger partial charge < -0.3 is 10.1 Å². The van der Waals surface area contributed by atoms with E-state index in [1.165, 1.54) is 12.5 Å². The molecule has 18 heavy (non-hydrogen) atoms. The molecular formula is C14H19ClFNO. The van der Waals surface area contributed by atoms with Crippen molar-refractivity contribution in [2.75, 3.05) is 13.7 Å². The minimum atomic E-state index is -0.237. The Morgan fingerprint density at radius 3 is 2.94 bits per heavy atom. The van der Waals surface area contributed by atoms with Gasteiger partial charge in [0, 0.05) is 23.2 Å². The topological polar surface area (TPSA) is 21.3 Å². The number of likely N-dealkylation sites (N-methyl/N-ethyl adjacent to an activating group) is 1. The summed E-state index contributed by atoms with van der Waals surface area (Å²) < 4.78 is 19.5. The van der Waals surface area contributed by atoms with E-state index in [-0.39, 0.29) is 18.0 Å². The first kappa shape index (κ1) is 13.8. The zero-order valence-electron chi connectivity index (χ0n) is 10.6. The van der Waals surface area contributed by atoms with Crippen LogP contribution in [0.25, 0.3) is 0 Å². The second kappa shape index (κ2) is 6.50. The zero-order chi connectivity index (χ0) is 13.0. The van der Waals surface area contributed by atoms with Gasteiger partial charge in [-0.1, -0.05) is 17.7 Å². The summed E-state index contributed by atoms with van der Waals surface area (Å²) >= 11 is 6.06. The molecule has 4 heteroatoms. The lowest BCUT2D eigenvalue weighted by atomic mass is 9.96. The molecule has 100 valence electrons. The van der Waals surface area contributed by atoms with E-state index < -0.39 is 0 Å². The van der Waals surface area contributed by atoms with Crippen LogP contribution in [0.1, 0.15) is 24.8 Å². The number of rotatable bonds is 4. The van der Waals surface area contributed by atoms with Gasteiger partial charge in [0.05, 0.1) is 6.10 Å². The summed E-state index contributed by atoms with van der Waals surface area (Å²) in [7, 11) is 1.89. The van der Waals surface area contributed by atoms with E-state index in [9.17, 15) is 4.39 Å². The molecule has 2 nitrogen and oxygen atoms in total. The predicted molar refractivity (Wildman–Crippen MR) is 71.6 cm³/mol. The van der Waals surface area contributed by atoms with Gasteiger partial charge in [0.1, 0.15) is 5.82 Å². The average molecular weight is 272 g/mol. The van der Waals surface area contributed by atoms with Crippen LogP contribution in [-0.2, 0) is 11.2 Å². The fourth-order valence-corrected chi connectivity index (χ4v) is 2.69. The maximum atomic E-state index is 13.8. The first-order chi connectivity index (χ1) is 8.72. The fourth-order valence-electron chi connectivity index (χ4n) is 2.45. The molecular weight excluding hydrogens is 253 g/mol. The van der Waals surface area contributed by atoms with Crippen molar-refractivity contribution in [2.45, 2.75) is 37.8 Å². The second-order valence-electron chi connectivity index (χ2n) is 4.70. The highest BCUT2D eigenvalue weighted by Gasteiger charge is 2.25. The van der Waals surface area contributed by atoms with Crippen LogP contribution in [-0.4, -0.2) is 25.8 Å². The molecule has 0 aromatic heterocycles. The Labute approximate surface area is 112 Å². The summed E-state index contributed by atoms with van der Waals surface area (Å²) in [6.07, 6.45) is 4.03. The molecule has 1 aliphatic rings. The third kappa shape index (κ3) is 3.22. The lowest BCUT2D eigenvalue weighted by Gasteiger charge is -2.30. The van der Waals surface area contributed by atoms with Crippen LogP contribution < -0.4 is 5.32 Å². The van der Waals surface area contributed by atoms with Gasteiger partial charge >= 0.3 is 0 Å². The van der Waals surface area contributed by atoms with Gasteiger partial charge in [-0.05, 0) is 44.9 Å². The standard InChI is InChI=1S/C14H19ClFNO/c1-17-13(14-7-2-3-8-18-14)9-10-11(15)5-4-6-12(10)16/h4-6,13-14,17H,2-3,7-9H2,1H3. The lowest BCUT2D eigenvalue weighted by molar-refractivity contribution is -0.00600. The van der Waals surface area contributed by atoms with Crippen molar-refractivity contribution in [1.82, 2.24) is 5.32 Å². The van der Waals surface area contributed by atoms with Gasteiger partial charge in [0.2, 0.25) is 0 Å². The molecule has 1 heterocycles. The van der Waals surface area contributed by atoms with Crippen molar-refractivity contribution in [3.63, 3.8) is 0 Å². The molecule has 0 radical (unpaired) electrons. The monoisotopic (exact) mass is 271 g/mol. The van der Waals surface area contributed by atoms with E-state index >= 15 is 0 Å². The number of hydrogen-bond acceptors (Lipinski definition) is 2. The Balaban J connectivity index is 2.09. The van der Waals surface area contributed by atoms with Crippen molar-refractivity contribution >= 4 is 11.6 Å². The number of hydrogen-bond donors (Lipinski definition) is 1.